The molecular weight excluding hydrogens is 883 g/mol. The number of nitrogens with zero attached hydrogens (tertiary/aromatic N) is 3. The lowest BCUT2D eigenvalue weighted by Gasteiger charge is -2.14. The van der Waals surface area contributed by atoms with Crippen molar-refractivity contribution in [1.82, 2.24) is 15.0 Å². The number of nitrogens with one attached hydrogen (secondary N) is 4. The van der Waals surface area contributed by atoms with Gasteiger partial charge in [0.1, 0.15) is 22.1 Å². The maximum absolute atomic E-state index is 13.0. The van der Waals surface area contributed by atoms with Crippen molar-refractivity contribution in [1.29, 1.82) is 0 Å². The first-order chi connectivity index (χ1) is 30.1. The van der Waals surface area contributed by atoms with Gasteiger partial charge in [-0.3, -0.25) is 28.8 Å². The lowest BCUT2D eigenvalue weighted by molar-refractivity contribution is -0.125. The topological polar surface area (TPSA) is 223 Å². The number of thiazole rings is 2. The number of rotatable bonds is 15. The minimum absolute atomic E-state index is 0.00815. The molecule has 0 bridgehead atoms. The molecule has 5 aromatic rings. The highest BCUT2D eigenvalue weighted by molar-refractivity contribution is 8.01. The first-order valence-electron chi connectivity index (χ1n) is 20.3. The van der Waals surface area contributed by atoms with Crippen molar-refractivity contribution < 1.29 is 37.2 Å². The van der Waals surface area contributed by atoms with Gasteiger partial charge in [0.2, 0.25) is 23.6 Å². The molecule has 2 aliphatic carbocycles. The molecule has 7 rings (SSSR count). The molecule has 2 aromatic carbocycles. The SMILES string of the molecule is Cc1ccc(NC(=O)CC(=O)Nc2ncc(S(C)(=O)=O)s2)c(C(=O)C2CCCC2)c1.Cc1ccc(NC(=O)CC(=O)Nc2ncc(Sc3ccccn3)s2)c(C(=O)C2CCCC2)c1. The van der Waals surface area contributed by atoms with E-state index in [9.17, 15) is 37.2 Å². The maximum Gasteiger partial charge on any atom is 0.235 e. The summed E-state index contributed by atoms with van der Waals surface area (Å²) in [5, 5.41) is 11.8. The zero-order valence-electron chi connectivity index (χ0n) is 34.9. The van der Waals surface area contributed by atoms with Crippen molar-refractivity contribution in [2.24, 2.45) is 11.8 Å². The van der Waals surface area contributed by atoms with Crippen LogP contribution in [0.2, 0.25) is 0 Å². The van der Waals surface area contributed by atoms with Gasteiger partial charge in [-0.05, 0) is 75.9 Å². The van der Waals surface area contributed by atoms with Crippen molar-refractivity contribution in [2.45, 2.75) is 91.5 Å². The zero-order chi connectivity index (χ0) is 45.1. The molecule has 63 heavy (non-hydrogen) atoms. The molecule has 3 aromatic heterocycles. The maximum atomic E-state index is 13.0. The van der Waals surface area contributed by atoms with Gasteiger partial charge in [-0.25, -0.2) is 23.4 Å². The number of carbonyl (C=O) groups is 6. The first-order valence-corrected chi connectivity index (χ1v) is 24.6. The van der Waals surface area contributed by atoms with Gasteiger partial charge in [0, 0.05) is 35.4 Å². The normalized spacial score (nSPS) is 14.0. The van der Waals surface area contributed by atoms with Crippen molar-refractivity contribution in [2.75, 3.05) is 27.5 Å². The number of amides is 4. The summed E-state index contributed by atoms with van der Waals surface area (Å²) >= 11 is 3.58. The van der Waals surface area contributed by atoms with Crippen LogP contribution in [0.5, 0.6) is 0 Å². The second-order valence-corrected chi connectivity index (χ2v) is 21.0. The van der Waals surface area contributed by atoms with Crippen LogP contribution < -0.4 is 21.3 Å². The number of Topliss-reactive ketones (excluding diaryl/α,β-unsaturated/α-hetero) is 2. The molecular formula is C44H47N7O8S4. The number of pyridine rings is 1. The summed E-state index contributed by atoms with van der Waals surface area (Å²) < 4.78 is 23.9. The van der Waals surface area contributed by atoms with Gasteiger partial charge in [-0.1, -0.05) is 89.4 Å². The Morgan fingerprint density at radius 2 is 1.11 bits per heavy atom. The molecule has 2 fully saturated rings. The van der Waals surface area contributed by atoms with Crippen LogP contribution in [0.15, 0.2) is 86.6 Å². The van der Waals surface area contributed by atoms with Gasteiger partial charge in [-0.15, -0.1) is 0 Å². The average Bonchev–Trinajstić information content (AvgIpc) is 4.09. The number of benzene rings is 2. The molecule has 0 spiro atoms. The summed E-state index contributed by atoms with van der Waals surface area (Å²) in [4.78, 5) is 87.5. The summed E-state index contributed by atoms with van der Waals surface area (Å²) in [5.41, 5.74) is 3.70. The Bertz CT molecular complexity index is 2600. The molecule has 4 amide bonds. The van der Waals surface area contributed by atoms with Crippen LogP contribution in [0.3, 0.4) is 0 Å². The summed E-state index contributed by atoms with van der Waals surface area (Å²) in [6, 6.07) is 16.3. The van der Waals surface area contributed by atoms with E-state index < -0.39 is 39.9 Å². The van der Waals surface area contributed by atoms with Crippen LogP contribution in [0, 0.1) is 25.7 Å². The van der Waals surface area contributed by atoms with Crippen molar-refractivity contribution >= 4 is 101 Å². The highest BCUT2D eigenvalue weighted by Crippen LogP contribution is 2.34. The molecule has 4 N–H and O–H groups in total. The van der Waals surface area contributed by atoms with E-state index in [4.69, 9.17) is 0 Å². The van der Waals surface area contributed by atoms with Gasteiger partial charge >= 0.3 is 0 Å². The van der Waals surface area contributed by atoms with E-state index in [0.717, 1.165) is 95.5 Å². The van der Waals surface area contributed by atoms with E-state index in [1.54, 1.807) is 36.7 Å². The van der Waals surface area contributed by atoms with E-state index in [1.165, 1.54) is 23.1 Å². The van der Waals surface area contributed by atoms with Crippen LogP contribution in [-0.4, -0.2) is 64.8 Å². The van der Waals surface area contributed by atoms with Gasteiger partial charge in [-0.2, -0.15) is 0 Å². The highest BCUT2D eigenvalue weighted by Gasteiger charge is 2.28. The van der Waals surface area contributed by atoms with E-state index in [0.29, 0.717) is 27.6 Å². The van der Waals surface area contributed by atoms with Gasteiger partial charge in [0.25, 0.3) is 0 Å². The molecule has 330 valence electrons. The summed E-state index contributed by atoms with van der Waals surface area (Å²) in [5.74, 6) is -2.07. The van der Waals surface area contributed by atoms with Gasteiger partial charge in [0.15, 0.2) is 31.7 Å². The smallest absolute Gasteiger partial charge is 0.235 e. The molecule has 2 saturated carbocycles. The Labute approximate surface area is 377 Å². The van der Waals surface area contributed by atoms with E-state index in [1.807, 2.05) is 44.2 Å². The predicted octanol–water partition coefficient (Wildman–Crippen LogP) is 8.53. The number of carbonyl (C=O) groups excluding carboxylic acids is 6. The minimum atomic E-state index is -3.41. The number of aryl methyl sites for hydroxylation is 2. The Morgan fingerprint density at radius 3 is 1.57 bits per heavy atom. The summed E-state index contributed by atoms with van der Waals surface area (Å²) in [7, 11) is -3.41. The highest BCUT2D eigenvalue weighted by atomic mass is 32.2. The molecule has 19 heteroatoms. The van der Waals surface area contributed by atoms with Gasteiger partial charge in [0.05, 0.1) is 28.0 Å². The van der Waals surface area contributed by atoms with Gasteiger partial charge < -0.3 is 21.3 Å². The molecule has 0 unspecified atom stereocenters. The first kappa shape index (κ1) is 46.9. The van der Waals surface area contributed by atoms with Crippen LogP contribution >= 0.6 is 34.4 Å². The Balaban J connectivity index is 0.000000211. The number of hydrogen-bond donors (Lipinski definition) is 4. The summed E-state index contributed by atoms with van der Waals surface area (Å²) in [6.07, 6.45) is 12.4. The molecule has 0 atom stereocenters. The van der Waals surface area contributed by atoms with Crippen LogP contribution in [0.1, 0.15) is 96.1 Å². The third-order valence-electron chi connectivity index (χ3n) is 10.2. The fourth-order valence-corrected chi connectivity index (χ4v) is 10.6. The molecule has 0 saturated heterocycles. The van der Waals surface area contributed by atoms with Crippen LogP contribution in [-0.2, 0) is 29.0 Å². The predicted molar refractivity (Wildman–Crippen MR) is 244 cm³/mol. The molecule has 3 heterocycles. The number of aromatic nitrogens is 3. The third kappa shape index (κ3) is 13.7. The Kier molecular flexibility index (Phi) is 16.1. The van der Waals surface area contributed by atoms with Crippen molar-refractivity contribution in [3.63, 3.8) is 0 Å². The molecule has 2 aliphatic rings. The largest absolute Gasteiger partial charge is 0.325 e. The van der Waals surface area contributed by atoms with Crippen molar-refractivity contribution in [3.8, 4) is 0 Å². The lowest BCUT2D eigenvalue weighted by Crippen LogP contribution is -2.23. The third-order valence-corrected chi connectivity index (χ3v) is 14.9. The molecule has 0 aliphatic heterocycles. The van der Waals surface area contributed by atoms with E-state index in [-0.39, 0.29) is 39.2 Å². The second-order valence-electron chi connectivity index (χ2n) is 15.3. The lowest BCUT2D eigenvalue weighted by atomic mass is 9.94. The van der Waals surface area contributed by atoms with Crippen molar-refractivity contribution in [3.05, 3.63) is 95.4 Å². The van der Waals surface area contributed by atoms with E-state index in [2.05, 4.69) is 36.2 Å². The average molecular weight is 930 g/mol. The monoisotopic (exact) mass is 929 g/mol. The fourth-order valence-electron chi connectivity index (χ4n) is 7.13. The molecule has 15 nitrogen and oxygen atoms in total. The number of ketones is 2. The van der Waals surface area contributed by atoms with E-state index >= 15 is 0 Å². The number of anilines is 4. The Morgan fingerprint density at radius 1 is 0.635 bits per heavy atom. The fraction of sp³-hybridized carbons (Fsp3) is 0.341. The molecule has 0 radical (unpaired) electrons. The van der Waals surface area contributed by atoms with Crippen LogP contribution in [0.25, 0.3) is 0 Å². The number of hydrogen-bond acceptors (Lipinski definition) is 14. The standard InChI is InChI=1S/C24H24N4O3S2.C20H23N3O5S2/c1-15-9-10-18(17(12-15)23(31)16-6-2-3-7-16)27-19(29)13-20(30)28-24-26-14-22(33-24)32-21-8-4-5-11-25-21;1-12-7-8-15(14(9-12)19(26)13-5-3-4-6-13)22-16(24)10-17(25)23-20-21-11-18(29-20)30(2,27)28/h4-5,8-12,14,16H,2-3,6-7,13H2,1H3,(H,27,29)(H,26,28,30);7-9,11,13H,3-6,10H2,1-2H3,(H,22,24)(H,21,23,25). The van der Waals surface area contributed by atoms with Crippen LogP contribution in [0.4, 0.5) is 21.6 Å². The zero-order valence-corrected chi connectivity index (χ0v) is 38.2. The summed E-state index contributed by atoms with van der Waals surface area (Å²) in [6.45, 7) is 3.79. The quantitative estimate of drug-likeness (QED) is 0.0573. The Hall–Kier alpha value is -5.63. The minimum Gasteiger partial charge on any atom is -0.325 e. The second kappa shape index (κ2) is 21.6. The number of sulfone groups is 1.